The predicted octanol–water partition coefficient (Wildman–Crippen LogP) is 3.75. The topological polar surface area (TPSA) is 40.7 Å². The van der Waals surface area contributed by atoms with E-state index in [1.807, 2.05) is 31.3 Å². The molecule has 0 saturated carbocycles. The van der Waals surface area contributed by atoms with Crippen LogP contribution >= 0.6 is 27.5 Å². The molecule has 1 aromatic heterocycles. The second-order valence-electron chi connectivity index (χ2n) is 3.45. The fourth-order valence-electron chi connectivity index (χ4n) is 1.39. The minimum Gasteiger partial charge on any atom is -0.378 e. The first-order valence-corrected chi connectivity index (χ1v) is 6.02. The number of anilines is 1. The normalized spacial score (nSPS) is 10.4. The van der Waals surface area contributed by atoms with Gasteiger partial charge in [-0.05, 0) is 35.0 Å². The van der Waals surface area contributed by atoms with Gasteiger partial charge in [-0.2, -0.15) is 0 Å². The Kier molecular flexibility index (Phi) is 3.51. The van der Waals surface area contributed by atoms with Gasteiger partial charge in [-0.1, -0.05) is 17.7 Å². The lowest BCUT2D eigenvalue weighted by molar-refractivity contribution is 1.05. The highest BCUT2D eigenvalue weighted by Gasteiger charge is 2.03. The highest BCUT2D eigenvalue weighted by molar-refractivity contribution is 9.10. The van der Waals surface area contributed by atoms with E-state index in [1.165, 1.54) is 0 Å². The molecule has 16 heavy (non-hydrogen) atoms. The second kappa shape index (κ2) is 4.89. The number of benzene rings is 1. The average Bonchev–Trinajstić information content (AvgIpc) is 2.67. The third kappa shape index (κ3) is 2.57. The molecule has 0 bridgehead atoms. The van der Waals surface area contributed by atoms with E-state index in [1.54, 1.807) is 0 Å². The van der Waals surface area contributed by atoms with Crippen molar-refractivity contribution in [1.29, 1.82) is 0 Å². The monoisotopic (exact) mass is 299 g/mol. The molecule has 1 aromatic carbocycles. The molecule has 0 spiro atoms. The van der Waals surface area contributed by atoms with Crippen molar-refractivity contribution in [3.05, 3.63) is 45.4 Å². The molecule has 0 aliphatic heterocycles. The summed E-state index contributed by atoms with van der Waals surface area (Å²) < 4.78 is 0.882. The van der Waals surface area contributed by atoms with Crippen LogP contribution in [0.1, 0.15) is 11.5 Å². The summed E-state index contributed by atoms with van der Waals surface area (Å²) in [5.74, 6) is 0.918. The van der Waals surface area contributed by atoms with Gasteiger partial charge in [0.05, 0.1) is 33.6 Å². The molecule has 3 nitrogen and oxygen atoms in total. The van der Waals surface area contributed by atoms with E-state index < -0.39 is 0 Å². The van der Waals surface area contributed by atoms with Crippen LogP contribution in [-0.4, -0.2) is 9.97 Å². The number of aromatic nitrogens is 2. The number of nitrogens with one attached hydrogen (secondary N) is 2. The van der Waals surface area contributed by atoms with E-state index in [-0.39, 0.29) is 0 Å². The van der Waals surface area contributed by atoms with Crippen molar-refractivity contribution in [3.63, 3.8) is 0 Å². The fraction of sp³-hybridized carbons (Fsp3) is 0.182. The van der Waals surface area contributed by atoms with Crippen LogP contribution < -0.4 is 5.32 Å². The van der Waals surface area contributed by atoms with Crippen molar-refractivity contribution in [1.82, 2.24) is 9.97 Å². The van der Waals surface area contributed by atoms with Gasteiger partial charge in [0.1, 0.15) is 5.82 Å². The highest BCUT2D eigenvalue weighted by Crippen LogP contribution is 2.30. The number of rotatable bonds is 3. The molecule has 0 saturated heterocycles. The number of hydrogen-bond acceptors (Lipinski definition) is 2. The molecular weight excluding hydrogens is 289 g/mol. The van der Waals surface area contributed by atoms with Crippen LogP contribution in [0, 0.1) is 6.92 Å². The summed E-state index contributed by atoms with van der Waals surface area (Å²) in [6, 6.07) is 5.73. The number of aryl methyl sites for hydroxylation is 1. The molecule has 2 N–H and O–H groups in total. The smallest absolute Gasteiger partial charge is 0.103 e. The Balaban J connectivity index is 2.07. The van der Waals surface area contributed by atoms with Crippen LogP contribution in [-0.2, 0) is 6.54 Å². The molecule has 0 aliphatic rings. The Morgan fingerprint density at radius 1 is 1.50 bits per heavy atom. The number of imidazole rings is 1. The largest absolute Gasteiger partial charge is 0.378 e. The summed E-state index contributed by atoms with van der Waals surface area (Å²) in [7, 11) is 0. The maximum Gasteiger partial charge on any atom is 0.103 e. The van der Waals surface area contributed by atoms with Crippen LogP contribution in [0.15, 0.2) is 28.9 Å². The molecule has 0 atom stereocenters. The highest BCUT2D eigenvalue weighted by atomic mass is 79.9. The Hall–Kier alpha value is -1.000. The minimum absolute atomic E-state index is 0.694. The molecule has 0 amide bonds. The molecule has 2 aromatic rings. The lowest BCUT2D eigenvalue weighted by Gasteiger charge is -2.08. The van der Waals surface area contributed by atoms with E-state index in [0.29, 0.717) is 11.6 Å². The number of aromatic amines is 1. The number of nitrogens with zero attached hydrogens (tertiary/aromatic N) is 1. The third-order valence-corrected chi connectivity index (χ3v) is 3.57. The summed E-state index contributed by atoms with van der Waals surface area (Å²) >= 11 is 9.43. The van der Waals surface area contributed by atoms with Crippen LogP contribution in [0.2, 0.25) is 5.02 Å². The first-order chi connectivity index (χ1) is 7.66. The van der Waals surface area contributed by atoms with Crippen LogP contribution in [0.5, 0.6) is 0 Å². The quantitative estimate of drug-likeness (QED) is 0.906. The Morgan fingerprint density at radius 2 is 2.31 bits per heavy atom. The molecule has 5 heteroatoms. The summed E-state index contributed by atoms with van der Waals surface area (Å²) in [5, 5.41) is 3.98. The summed E-state index contributed by atoms with van der Waals surface area (Å²) in [6.07, 6.45) is 1.82. The zero-order chi connectivity index (χ0) is 11.5. The standard InChI is InChI=1S/C11H11BrClN3/c1-7-14-5-8(16-7)6-15-10-4-2-3-9(13)11(10)12/h2-5,15H,6H2,1H3,(H,14,16). The number of hydrogen-bond donors (Lipinski definition) is 2. The second-order valence-corrected chi connectivity index (χ2v) is 4.65. The fourth-order valence-corrected chi connectivity index (χ4v) is 1.97. The van der Waals surface area contributed by atoms with Gasteiger partial charge < -0.3 is 10.3 Å². The first kappa shape index (κ1) is 11.5. The minimum atomic E-state index is 0.694. The Morgan fingerprint density at radius 3 is 3.00 bits per heavy atom. The Labute approximate surface area is 107 Å². The molecule has 84 valence electrons. The van der Waals surface area contributed by atoms with Gasteiger partial charge in [0.25, 0.3) is 0 Å². The zero-order valence-electron chi connectivity index (χ0n) is 8.72. The van der Waals surface area contributed by atoms with E-state index in [4.69, 9.17) is 11.6 Å². The molecule has 0 radical (unpaired) electrons. The van der Waals surface area contributed by atoms with E-state index >= 15 is 0 Å². The van der Waals surface area contributed by atoms with E-state index in [9.17, 15) is 0 Å². The first-order valence-electron chi connectivity index (χ1n) is 4.85. The van der Waals surface area contributed by atoms with Crippen molar-refractivity contribution in [2.75, 3.05) is 5.32 Å². The summed E-state index contributed by atoms with van der Waals surface area (Å²) in [4.78, 5) is 7.29. The maximum absolute atomic E-state index is 5.99. The van der Waals surface area contributed by atoms with Crippen molar-refractivity contribution >= 4 is 33.2 Å². The zero-order valence-corrected chi connectivity index (χ0v) is 11.1. The van der Waals surface area contributed by atoms with Crippen molar-refractivity contribution < 1.29 is 0 Å². The van der Waals surface area contributed by atoms with Crippen molar-refractivity contribution in [2.45, 2.75) is 13.5 Å². The van der Waals surface area contributed by atoms with Gasteiger partial charge in [0.2, 0.25) is 0 Å². The molecule has 0 fully saturated rings. The van der Waals surface area contributed by atoms with Gasteiger partial charge >= 0.3 is 0 Å². The summed E-state index contributed by atoms with van der Waals surface area (Å²) in [5.41, 5.74) is 2.02. The van der Waals surface area contributed by atoms with E-state index in [2.05, 4.69) is 31.2 Å². The number of H-pyrrole nitrogens is 1. The van der Waals surface area contributed by atoms with Crippen LogP contribution in [0.25, 0.3) is 0 Å². The molecule has 2 rings (SSSR count). The van der Waals surface area contributed by atoms with Gasteiger partial charge in [0.15, 0.2) is 0 Å². The van der Waals surface area contributed by atoms with Crippen LogP contribution in [0.3, 0.4) is 0 Å². The van der Waals surface area contributed by atoms with Gasteiger partial charge in [-0.15, -0.1) is 0 Å². The molecule has 0 aliphatic carbocycles. The van der Waals surface area contributed by atoms with Gasteiger partial charge in [-0.3, -0.25) is 0 Å². The van der Waals surface area contributed by atoms with E-state index in [0.717, 1.165) is 21.7 Å². The Bertz CT molecular complexity index is 496. The number of halogens is 2. The molecule has 1 heterocycles. The van der Waals surface area contributed by atoms with Crippen molar-refractivity contribution in [2.24, 2.45) is 0 Å². The van der Waals surface area contributed by atoms with Crippen LogP contribution in [0.4, 0.5) is 5.69 Å². The lowest BCUT2D eigenvalue weighted by atomic mass is 10.3. The average molecular weight is 301 g/mol. The molecule has 0 unspecified atom stereocenters. The summed E-state index contributed by atoms with van der Waals surface area (Å²) in [6.45, 7) is 2.62. The van der Waals surface area contributed by atoms with Crippen molar-refractivity contribution in [3.8, 4) is 0 Å². The van der Waals surface area contributed by atoms with Gasteiger partial charge in [0, 0.05) is 0 Å². The predicted molar refractivity (Wildman–Crippen MR) is 69.8 cm³/mol. The SMILES string of the molecule is Cc1ncc(CNc2cccc(Cl)c2Br)[nH]1. The molecular formula is C11H11BrClN3. The lowest BCUT2D eigenvalue weighted by Crippen LogP contribution is -2.00. The third-order valence-electron chi connectivity index (χ3n) is 2.18. The maximum atomic E-state index is 5.99. The van der Waals surface area contributed by atoms with Gasteiger partial charge in [-0.25, -0.2) is 4.98 Å².